The van der Waals surface area contributed by atoms with Crippen LogP contribution in [0.3, 0.4) is 0 Å². The number of unbranched alkanes of at least 4 members (excludes halogenated alkanes) is 2. The lowest BCUT2D eigenvalue weighted by Gasteiger charge is -2.12. The quantitative estimate of drug-likeness (QED) is 0.153. The Morgan fingerprint density at radius 1 is 0.833 bits per heavy atom. The first-order valence-electron chi connectivity index (χ1n) is 12.0. The molecule has 0 radical (unpaired) electrons. The summed E-state index contributed by atoms with van der Waals surface area (Å²) < 4.78 is 6.15. The van der Waals surface area contributed by atoms with Crippen LogP contribution in [0.2, 0.25) is 0 Å². The predicted octanol–water partition coefficient (Wildman–Crippen LogP) is 5.28. The number of aromatic nitrogens is 1. The van der Waals surface area contributed by atoms with Crippen molar-refractivity contribution in [2.75, 3.05) is 6.54 Å². The molecular weight excluding hydrogens is 454 g/mol. The van der Waals surface area contributed by atoms with Gasteiger partial charge in [-0.3, -0.25) is 14.8 Å². The van der Waals surface area contributed by atoms with Gasteiger partial charge in [-0.15, -0.1) is 0 Å². The number of carbonyl (C=O) groups is 2. The number of para-hydroxylation sites is 1. The minimum Gasteiger partial charge on any atom is -0.488 e. The van der Waals surface area contributed by atoms with Gasteiger partial charge in [0.2, 0.25) is 5.91 Å². The first-order chi connectivity index (χ1) is 17.6. The van der Waals surface area contributed by atoms with Crippen LogP contribution in [0.5, 0.6) is 5.75 Å². The zero-order valence-electron chi connectivity index (χ0n) is 19.9. The summed E-state index contributed by atoms with van der Waals surface area (Å²) in [7, 11) is 0. The van der Waals surface area contributed by atoms with E-state index >= 15 is 0 Å². The number of fused-ring (bicyclic) bond motifs is 1. The minimum atomic E-state index is -0.404. The van der Waals surface area contributed by atoms with E-state index in [4.69, 9.17) is 9.94 Å². The second-order valence-electron chi connectivity index (χ2n) is 8.48. The molecular formula is C29H29N3O4. The van der Waals surface area contributed by atoms with E-state index in [1.54, 1.807) is 11.5 Å². The Kier molecular flexibility index (Phi) is 8.62. The monoisotopic (exact) mass is 483 g/mol. The third-order valence-corrected chi connectivity index (χ3v) is 5.86. The Morgan fingerprint density at radius 2 is 1.56 bits per heavy atom. The molecule has 0 aliphatic carbocycles. The third kappa shape index (κ3) is 6.67. The van der Waals surface area contributed by atoms with Crippen LogP contribution in [0.4, 0.5) is 0 Å². The highest BCUT2D eigenvalue weighted by atomic mass is 16.5. The molecule has 3 aromatic carbocycles. The number of pyridine rings is 1. The molecule has 0 bridgehead atoms. The largest absolute Gasteiger partial charge is 0.488 e. The summed E-state index contributed by atoms with van der Waals surface area (Å²) in [6, 6.07) is 27.7. The van der Waals surface area contributed by atoms with Crippen LogP contribution in [0.15, 0.2) is 84.9 Å². The molecule has 7 heteroatoms. The van der Waals surface area contributed by atoms with Crippen LogP contribution in [0, 0.1) is 0 Å². The van der Waals surface area contributed by atoms with Crippen molar-refractivity contribution in [3.8, 4) is 16.9 Å². The zero-order chi connectivity index (χ0) is 25.2. The number of carbonyl (C=O) groups excluding carboxylic acids is 2. The molecule has 0 unspecified atom stereocenters. The van der Waals surface area contributed by atoms with E-state index in [9.17, 15) is 9.59 Å². The van der Waals surface area contributed by atoms with Gasteiger partial charge in [-0.1, -0.05) is 73.2 Å². The number of rotatable bonds is 11. The fraction of sp³-hybridized carbons (Fsp3) is 0.207. The van der Waals surface area contributed by atoms with Gasteiger partial charge in [0.1, 0.15) is 18.1 Å². The number of nitrogens with one attached hydrogen (secondary N) is 2. The third-order valence-electron chi connectivity index (χ3n) is 5.86. The van der Waals surface area contributed by atoms with E-state index in [0.717, 1.165) is 34.9 Å². The number of amides is 2. The fourth-order valence-electron chi connectivity index (χ4n) is 3.90. The average molecular weight is 484 g/mol. The molecule has 0 saturated carbocycles. The van der Waals surface area contributed by atoms with E-state index in [2.05, 4.69) is 34.6 Å². The molecule has 0 atom stereocenters. The van der Waals surface area contributed by atoms with Gasteiger partial charge in [0, 0.05) is 24.4 Å². The number of hydrogen-bond acceptors (Lipinski definition) is 5. The van der Waals surface area contributed by atoms with Crippen LogP contribution in [-0.2, 0) is 11.4 Å². The molecule has 4 aromatic rings. The van der Waals surface area contributed by atoms with Crippen molar-refractivity contribution in [3.05, 3.63) is 96.2 Å². The Labute approximate surface area is 210 Å². The van der Waals surface area contributed by atoms with Crippen molar-refractivity contribution in [2.24, 2.45) is 0 Å². The summed E-state index contributed by atoms with van der Waals surface area (Å²) in [6.07, 6.45) is 2.38. The fourth-order valence-corrected chi connectivity index (χ4v) is 3.90. The summed E-state index contributed by atoms with van der Waals surface area (Å²) in [4.78, 5) is 28.3. The first kappa shape index (κ1) is 24.9. The van der Waals surface area contributed by atoms with Gasteiger partial charge in [-0.2, -0.15) is 0 Å². The highest BCUT2D eigenvalue weighted by molar-refractivity contribution is 5.97. The van der Waals surface area contributed by atoms with Gasteiger partial charge in [0.05, 0.1) is 5.52 Å². The molecule has 1 aromatic heterocycles. The lowest BCUT2D eigenvalue weighted by Crippen LogP contribution is -2.25. The van der Waals surface area contributed by atoms with Crippen LogP contribution >= 0.6 is 0 Å². The van der Waals surface area contributed by atoms with Gasteiger partial charge in [0.15, 0.2) is 0 Å². The van der Waals surface area contributed by atoms with Crippen LogP contribution in [0.1, 0.15) is 41.7 Å². The molecule has 0 spiro atoms. The SMILES string of the molecule is O=C(CCCCCNC(=O)c1cc(OCc2ccc(-c3ccccc3)cc2)c2ccccc2n1)NO. The smallest absolute Gasteiger partial charge is 0.270 e. The van der Waals surface area contributed by atoms with E-state index in [0.29, 0.717) is 36.5 Å². The number of hydroxylamine groups is 1. The Bertz CT molecular complexity index is 1310. The van der Waals surface area contributed by atoms with E-state index in [1.807, 2.05) is 54.6 Å². The van der Waals surface area contributed by atoms with Crippen molar-refractivity contribution in [2.45, 2.75) is 32.3 Å². The molecule has 3 N–H and O–H groups in total. The van der Waals surface area contributed by atoms with Gasteiger partial charge in [-0.25, -0.2) is 10.5 Å². The first-order valence-corrected chi connectivity index (χ1v) is 12.0. The molecule has 0 aliphatic heterocycles. The zero-order valence-corrected chi connectivity index (χ0v) is 19.9. The van der Waals surface area contributed by atoms with E-state index in [1.165, 1.54) is 0 Å². The molecule has 1 heterocycles. The number of nitrogens with zero attached hydrogens (tertiary/aromatic N) is 1. The molecule has 36 heavy (non-hydrogen) atoms. The van der Waals surface area contributed by atoms with Crippen LogP contribution < -0.4 is 15.5 Å². The van der Waals surface area contributed by atoms with E-state index < -0.39 is 5.91 Å². The standard InChI is InChI=1S/C29H29N3O4/c33-28(32-35)13-5-2-8-18-30-29(34)26-19-27(24-11-6-7-12-25(24)31-26)36-20-21-14-16-23(17-15-21)22-9-3-1-4-10-22/h1,3-4,6-7,9-12,14-17,19,35H,2,5,8,13,18,20H2,(H,30,34)(H,32,33). The maximum absolute atomic E-state index is 12.7. The van der Waals surface area contributed by atoms with Gasteiger partial charge < -0.3 is 10.1 Å². The van der Waals surface area contributed by atoms with Crippen molar-refractivity contribution in [1.29, 1.82) is 0 Å². The Balaban J connectivity index is 1.39. The van der Waals surface area contributed by atoms with Crippen molar-refractivity contribution >= 4 is 22.7 Å². The van der Waals surface area contributed by atoms with E-state index in [-0.39, 0.29) is 12.3 Å². The maximum atomic E-state index is 12.7. The molecule has 0 saturated heterocycles. The van der Waals surface area contributed by atoms with Gasteiger partial charge >= 0.3 is 0 Å². The van der Waals surface area contributed by atoms with Crippen molar-refractivity contribution < 1.29 is 19.5 Å². The highest BCUT2D eigenvalue weighted by Crippen LogP contribution is 2.27. The topological polar surface area (TPSA) is 101 Å². The molecule has 0 aliphatic rings. The molecule has 4 rings (SSSR count). The van der Waals surface area contributed by atoms with Crippen LogP contribution in [-0.4, -0.2) is 28.6 Å². The second-order valence-corrected chi connectivity index (χ2v) is 8.48. The number of ether oxygens (including phenoxy) is 1. The number of hydrogen-bond donors (Lipinski definition) is 3. The lowest BCUT2D eigenvalue weighted by molar-refractivity contribution is -0.129. The normalized spacial score (nSPS) is 10.7. The highest BCUT2D eigenvalue weighted by Gasteiger charge is 2.13. The summed E-state index contributed by atoms with van der Waals surface area (Å²) in [5, 5.41) is 12.2. The summed E-state index contributed by atoms with van der Waals surface area (Å²) >= 11 is 0. The van der Waals surface area contributed by atoms with Crippen molar-refractivity contribution in [3.63, 3.8) is 0 Å². The van der Waals surface area contributed by atoms with Crippen molar-refractivity contribution in [1.82, 2.24) is 15.8 Å². The molecule has 2 amide bonds. The lowest BCUT2D eigenvalue weighted by atomic mass is 10.0. The Hall–Kier alpha value is -4.23. The molecule has 7 nitrogen and oxygen atoms in total. The summed E-state index contributed by atoms with van der Waals surface area (Å²) in [5.74, 6) is -0.0714. The van der Waals surface area contributed by atoms with Gasteiger partial charge in [0.25, 0.3) is 5.91 Å². The average Bonchev–Trinajstić information content (AvgIpc) is 2.93. The minimum absolute atomic E-state index is 0.256. The second kappa shape index (κ2) is 12.5. The maximum Gasteiger partial charge on any atom is 0.270 e. The number of benzene rings is 3. The van der Waals surface area contributed by atoms with Crippen LogP contribution in [0.25, 0.3) is 22.0 Å². The summed E-state index contributed by atoms with van der Waals surface area (Å²) in [5.41, 5.74) is 5.93. The van der Waals surface area contributed by atoms with Gasteiger partial charge in [-0.05, 0) is 41.7 Å². The molecule has 0 fully saturated rings. The molecule has 184 valence electrons. The predicted molar refractivity (Wildman–Crippen MR) is 139 cm³/mol. The summed E-state index contributed by atoms with van der Waals surface area (Å²) in [6.45, 7) is 0.837. The Morgan fingerprint density at radius 3 is 2.33 bits per heavy atom.